The van der Waals surface area contributed by atoms with Gasteiger partial charge < -0.3 is 5.11 Å². The first-order valence-corrected chi connectivity index (χ1v) is 8.28. The van der Waals surface area contributed by atoms with Gasteiger partial charge in [0.15, 0.2) is 0 Å². The quantitative estimate of drug-likeness (QED) is 0.922. The van der Waals surface area contributed by atoms with Gasteiger partial charge in [-0.25, -0.2) is 4.39 Å². The highest BCUT2D eigenvalue weighted by molar-refractivity contribution is 5.18. The Morgan fingerprint density at radius 1 is 1.30 bits per heavy atom. The molecule has 0 saturated carbocycles. The van der Waals surface area contributed by atoms with E-state index in [1.807, 2.05) is 17.8 Å². The summed E-state index contributed by atoms with van der Waals surface area (Å²) in [6.45, 7) is 4.46. The number of piperidine rings is 1. The number of aryl methyl sites for hydroxylation is 1. The van der Waals surface area contributed by atoms with E-state index in [1.54, 1.807) is 12.1 Å². The van der Waals surface area contributed by atoms with Gasteiger partial charge in [-0.15, -0.1) is 0 Å². The standard InChI is InChI=1S/C18H24FN3O/c1-14-10-20-22(11-14)12-17-4-2-3-9-21(17)13-18(23)15-5-7-16(19)8-6-15/h5-8,10-11,17-18,23H,2-4,9,12-13H2,1H3/t17-,18-/m0/s1. The number of benzene rings is 1. The third kappa shape index (κ3) is 4.18. The summed E-state index contributed by atoms with van der Waals surface area (Å²) in [5, 5.41) is 14.8. The van der Waals surface area contributed by atoms with E-state index in [0.29, 0.717) is 12.6 Å². The van der Waals surface area contributed by atoms with E-state index in [2.05, 4.69) is 16.2 Å². The van der Waals surface area contributed by atoms with Gasteiger partial charge >= 0.3 is 0 Å². The number of hydrogen-bond donors (Lipinski definition) is 1. The van der Waals surface area contributed by atoms with E-state index < -0.39 is 6.10 Å². The first-order valence-electron chi connectivity index (χ1n) is 8.28. The minimum atomic E-state index is -0.587. The Labute approximate surface area is 136 Å². The number of aliphatic hydroxyl groups is 1. The minimum absolute atomic E-state index is 0.272. The second-order valence-corrected chi connectivity index (χ2v) is 6.45. The van der Waals surface area contributed by atoms with Crippen LogP contribution in [-0.4, -0.2) is 38.9 Å². The van der Waals surface area contributed by atoms with Crippen molar-refractivity contribution in [2.45, 2.75) is 44.9 Å². The van der Waals surface area contributed by atoms with E-state index in [1.165, 1.54) is 24.1 Å². The van der Waals surface area contributed by atoms with Crippen molar-refractivity contribution < 1.29 is 9.50 Å². The summed E-state index contributed by atoms with van der Waals surface area (Å²) in [7, 11) is 0. The van der Waals surface area contributed by atoms with Gasteiger partial charge in [0.25, 0.3) is 0 Å². The van der Waals surface area contributed by atoms with Crippen LogP contribution in [0.25, 0.3) is 0 Å². The van der Waals surface area contributed by atoms with Gasteiger partial charge in [-0.2, -0.15) is 5.10 Å². The maximum Gasteiger partial charge on any atom is 0.123 e. The second-order valence-electron chi connectivity index (χ2n) is 6.45. The van der Waals surface area contributed by atoms with E-state index >= 15 is 0 Å². The molecule has 1 saturated heterocycles. The number of likely N-dealkylation sites (tertiary alicyclic amines) is 1. The molecular formula is C18H24FN3O. The zero-order valence-electron chi connectivity index (χ0n) is 13.5. The lowest BCUT2D eigenvalue weighted by molar-refractivity contribution is 0.0591. The monoisotopic (exact) mass is 317 g/mol. The van der Waals surface area contributed by atoms with Gasteiger partial charge in [-0.3, -0.25) is 9.58 Å². The summed E-state index contributed by atoms with van der Waals surface area (Å²) >= 11 is 0. The summed E-state index contributed by atoms with van der Waals surface area (Å²) in [6.07, 6.45) is 6.84. The van der Waals surface area contributed by atoms with Crippen LogP contribution in [0, 0.1) is 12.7 Å². The SMILES string of the molecule is Cc1cnn(C[C@@H]2CCCCN2C[C@H](O)c2ccc(F)cc2)c1. The molecule has 1 aromatic carbocycles. The predicted octanol–water partition coefficient (Wildman–Crippen LogP) is 2.92. The fourth-order valence-corrected chi connectivity index (χ4v) is 3.30. The Kier molecular flexibility index (Phi) is 5.08. The molecule has 1 N–H and O–H groups in total. The Morgan fingerprint density at radius 3 is 2.78 bits per heavy atom. The van der Waals surface area contributed by atoms with Crippen LogP contribution in [0.3, 0.4) is 0 Å². The van der Waals surface area contributed by atoms with Crippen LogP contribution >= 0.6 is 0 Å². The summed E-state index contributed by atoms with van der Waals surface area (Å²) in [5.74, 6) is -0.272. The number of aliphatic hydroxyl groups excluding tert-OH is 1. The van der Waals surface area contributed by atoms with Crippen molar-refractivity contribution in [3.63, 3.8) is 0 Å². The number of β-amino-alcohol motifs (C(OH)–C–C–N with tert-alkyl or cyclic N) is 1. The van der Waals surface area contributed by atoms with Crippen molar-refractivity contribution in [2.75, 3.05) is 13.1 Å². The average molecular weight is 317 g/mol. The summed E-state index contributed by atoms with van der Waals surface area (Å²) in [6, 6.07) is 6.52. The highest BCUT2D eigenvalue weighted by Crippen LogP contribution is 2.23. The first-order chi connectivity index (χ1) is 11.1. The molecule has 0 spiro atoms. The van der Waals surface area contributed by atoms with Gasteiger partial charge in [-0.1, -0.05) is 18.6 Å². The molecule has 4 nitrogen and oxygen atoms in total. The maximum atomic E-state index is 13.0. The normalized spacial score (nSPS) is 20.6. The van der Waals surface area contributed by atoms with Crippen LogP contribution in [0.2, 0.25) is 0 Å². The maximum absolute atomic E-state index is 13.0. The lowest BCUT2D eigenvalue weighted by atomic mass is 10.00. The third-order valence-electron chi connectivity index (χ3n) is 4.57. The molecule has 3 rings (SSSR count). The number of rotatable bonds is 5. The van der Waals surface area contributed by atoms with Crippen LogP contribution in [0.4, 0.5) is 4.39 Å². The molecule has 5 heteroatoms. The molecule has 2 atom stereocenters. The number of halogens is 1. The Bertz CT molecular complexity index is 625. The zero-order valence-corrected chi connectivity index (χ0v) is 13.5. The van der Waals surface area contributed by atoms with Crippen molar-refractivity contribution in [3.8, 4) is 0 Å². The highest BCUT2D eigenvalue weighted by atomic mass is 19.1. The first kappa shape index (κ1) is 16.1. The van der Waals surface area contributed by atoms with Gasteiger partial charge in [0, 0.05) is 18.8 Å². The van der Waals surface area contributed by atoms with Crippen molar-refractivity contribution in [2.24, 2.45) is 0 Å². The molecule has 2 aromatic rings. The molecule has 1 aromatic heterocycles. The molecule has 0 unspecified atom stereocenters. The van der Waals surface area contributed by atoms with E-state index in [-0.39, 0.29) is 5.82 Å². The smallest absolute Gasteiger partial charge is 0.123 e. The minimum Gasteiger partial charge on any atom is -0.387 e. The molecule has 0 bridgehead atoms. The molecule has 0 aliphatic carbocycles. The van der Waals surface area contributed by atoms with E-state index in [4.69, 9.17) is 0 Å². The number of hydrogen-bond acceptors (Lipinski definition) is 3. The average Bonchev–Trinajstić information content (AvgIpc) is 2.95. The second kappa shape index (κ2) is 7.23. The van der Waals surface area contributed by atoms with Crippen LogP contribution in [-0.2, 0) is 6.54 Å². The van der Waals surface area contributed by atoms with Crippen molar-refractivity contribution >= 4 is 0 Å². The van der Waals surface area contributed by atoms with Gasteiger partial charge in [0.05, 0.1) is 18.8 Å². The topological polar surface area (TPSA) is 41.3 Å². The Balaban J connectivity index is 1.64. The summed E-state index contributed by atoms with van der Waals surface area (Å²) < 4.78 is 15.0. The fraction of sp³-hybridized carbons (Fsp3) is 0.500. The Hall–Kier alpha value is -1.72. The fourth-order valence-electron chi connectivity index (χ4n) is 3.30. The third-order valence-corrected chi connectivity index (χ3v) is 4.57. The zero-order chi connectivity index (χ0) is 16.2. The molecule has 1 fully saturated rings. The van der Waals surface area contributed by atoms with E-state index in [0.717, 1.165) is 31.5 Å². The number of nitrogens with zero attached hydrogens (tertiary/aromatic N) is 3. The van der Waals surface area contributed by atoms with Crippen molar-refractivity contribution in [3.05, 3.63) is 53.6 Å². The molecule has 124 valence electrons. The van der Waals surface area contributed by atoms with Crippen LogP contribution < -0.4 is 0 Å². The molecule has 1 aliphatic heterocycles. The molecule has 1 aliphatic rings. The van der Waals surface area contributed by atoms with Crippen molar-refractivity contribution in [1.29, 1.82) is 0 Å². The lowest BCUT2D eigenvalue weighted by Gasteiger charge is -2.37. The van der Waals surface area contributed by atoms with E-state index in [9.17, 15) is 9.50 Å². The van der Waals surface area contributed by atoms with Gasteiger partial charge in [0.1, 0.15) is 5.82 Å². The van der Waals surface area contributed by atoms with Crippen LogP contribution in [0.5, 0.6) is 0 Å². The molecule has 0 radical (unpaired) electrons. The lowest BCUT2D eigenvalue weighted by Crippen LogP contribution is -2.44. The Morgan fingerprint density at radius 2 is 2.09 bits per heavy atom. The summed E-state index contributed by atoms with van der Waals surface area (Å²) in [4.78, 5) is 2.34. The molecule has 2 heterocycles. The van der Waals surface area contributed by atoms with Gasteiger partial charge in [0.2, 0.25) is 0 Å². The van der Waals surface area contributed by atoms with Crippen molar-refractivity contribution in [1.82, 2.24) is 14.7 Å². The van der Waals surface area contributed by atoms with Crippen LogP contribution in [0.1, 0.15) is 36.5 Å². The largest absolute Gasteiger partial charge is 0.387 e. The summed E-state index contributed by atoms with van der Waals surface area (Å²) in [5.41, 5.74) is 1.93. The molecule has 23 heavy (non-hydrogen) atoms. The molecule has 0 amide bonds. The highest BCUT2D eigenvalue weighted by Gasteiger charge is 2.25. The molecular weight excluding hydrogens is 293 g/mol. The van der Waals surface area contributed by atoms with Crippen LogP contribution in [0.15, 0.2) is 36.7 Å². The predicted molar refractivity (Wildman–Crippen MR) is 87.5 cm³/mol. The van der Waals surface area contributed by atoms with Gasteiger partial charge in [-0.05, 0) is 49.6 Å². The number of aromatic nitrogens is 2.